The lowest BCUT2D eigenvalue weighted by molar-refractivity contribution is 0.0946. The largest absolute Gasteiger partial charge is 0.383 e. The number of hydrogen-bond acceptors (Lipinski definition) is 3. The fraction of sp³-hybridized carbons (Fsp3) is 0.231. The van der Waals surface area contributed by atoms with Gasteiger partial charge in [-0.15, -0.1) is 0 Å². The number of hydrogen-bond donors (Lipinski definition) is 1. The number of nitrogens with zero attached hydrogens (tertiary/aromatic N) is 2. The molecular formula is C13H15N3O. The highest BCUT2D eigenvalue weighted by Crippen LogP contribution is 2.16. The quantitative estimate of drug-likeness (QED) is 0.814. The first-order valence-electron chi connectivity index (χ1n) is 5.43. The van der Waals surface area contributed by atoms with Crippen molar-refractivity contribution in [1.82, 2.24) is 9.78 Å². The van der Waals surface area contributed by atoms with Crippen LogP contribution in [0, 0.1) is 20.8 Å². The van der Waals surface area contributed by atoms with Gasteiger partial charge in [0.15, 0.2) is 0 Å². The van der Waals surface area contributed by atoms with Crippen molar-refractivity contribution >= 4 is 11.7 Å². The van der Waals surface area contributed by atoms with E-state index in [1.807, 2.05) is 39.0 Å². The Morgan fingerprint density at radius 3 is 2.29 bits per heavy atom. The van der Waals surface area contributed by atoms with E-state index >= 15 is 0 Å². The van der Waals surface area contributed by atoms with E-state index in [9.17, 15) is 4.79 Å². The molecule has 0 unspecified atom stereocenters. The molecule has 0 saturated heterocycles. The first kappa shape index (κ1) is 11.4. The second-order valence-corrected chi connectivity index (χ2v) is 4.19. The van der Waals surface area contributed by atoms with E-state index < -0.39 is 0 Å². The molecule has 0 bridgehead atoms. The summed E-state index contributed by atoms with van der Waals surface area (Å²) >= 11 is 0. The number of aromatic nitrogens is 2. The molecule has 0 atom stereocenters. The third kappa shape index (κ3) is 1.93. The molecule has 0 saturated carbocycles. The lowest BCUT2D eigenvalue weighted by Gasteiger charge is -2.09. The molecule has 0 spiro atoms. The predicted octanol–water partition coefficient (Wildman–Crippen LogP) is 2.08. The molecule has 0 radical (unpaired) electrons. The number of carbonyl (C=O) groups excluding carboxylic acids is 1. The molecule has 0 amide bonds. The van der Waals surface area contributed by atoms with Gasteiger partial charge in [-0.25, -0.2) is 0 Å². The molecule has 1 aromatic carbocycles. The molecular weight excluding hydrogens is 214 g/mol. The molecule has 0 aliphatic carbocycles. The Hall–Kier alpha value is -2.10. The van der Waals surface area contributed by atoms with Crippen LogP contribution in [0.1, 0.15) is 27.2 Å². The van der Waals surface area contributed by atoms with Crippen LogP contribution in [0.25, 0.3) is 0 Å². The zero-order valence-electron chi connectivity index (χ0n) is 10.2. The Kier molecular flexibility index (Phi) is 2.71. The molecule has 2 N–H and O–H groups in total. The summed E-state index contributed by atoms with van der Waals surface area (Å²) in [5.41, 5.74) is 9.03. The minimum absolute atomic E-state index is 0.175. The average Bonchev–Trinajstić information content (AvgIpc) is 2.57. The number of nitrogen functional groups attached to an aromatic ring is 1. The van der Waals surface area contributed by atoms with Gasteiger partial charge in [-0.2, -0.15) is 9.78 Å². The van der Waals surface area contributed by atoms with Gasteiger partial charge in [-0.1, -0.05) is 18.2 Å². The second kappa shape index (κ2) is 4.05. The first-order chi connectivity index (χ1) is 8.00. The summed E-state index contributed by atoms with van der Waals surface area (Å²) in [6.45, 7) is 5.63. The number of benzene rings is 1. The van der Waals surface area contributed by atoms with Crippen molar-refractivity contribution in [1.29, 1.82) is 0 Å². The van der Waals surface area contributed by atoms with Crippen LogP contribution >= 0.6 is 0 Å². The van der Waals surface area contributed by atoms with E-state index in [1.54, 1.807) is 6.07 Å². The third-order valence-electron chi connectivity index (χ3n) is 2.75. The van der Waals surface area contributed by atoms with Crippen LogP contribution in [0.2, 0.25) is 0 Å². The Bertz CT molecular complexity index is 564. The van der Waals surface area contributed by atoms with Gasteiger partial charge in [0.2, 0.25) is 0 Å². The van der Waals surface area contributed by atoms with Gasteiger partial charge in [0, 0.05) is 11.6 Å². The minimum atomic E-state index is -0.175. The highest BCUT2D eigenvalue weighted by Gasteiger charge is 2.17. The van der Waals surface area contributed by atoms with Gasteiger partial charge < -0.3 is 5.73 Å². The highest BCUT2D eigenvalue weighted by atomic mass is 16.2. The van der Waals surface area contributed by atoms with Crippen molar-refractivity contribution in [2.45, 2.75) is 20.8 Å². The predicted molar refractivity (Wildman–Crippen MR) is 67.0 cm³/mol. The van der Waals surface area contributed by atoms with E-state index in [-0.39, 0.29) is 5.91 Å². The maximum atomic E-state index is 12.3. The SMILES string of the molecule is Cc1cc(N)n(C(=O)c2c(C)cccc2C)n1. The number of aryl methyl sites for hydroxylation is 3. The van der Waals surface area contributed by atoms with Gasteiger partial charge in [-0.05, 0) is 31.9 Å². The van der Waals surface area contributed by atoms with E-state index in [1.165, 1.54) is 4.68 Å². The van der Waals surface area contributed by atoms with Crippen molar-refractivity contribution in [2.24, 2.45) is 0 Å². The Labute approximate surface area is 100 Å². The zero-order chi connectivity index (χ0) is 12.6. The monoisotopic (exact) mass is 229 g/mol. The van der Waals surface area contributed by atoms with E-state index in [4.69, 9.17) is 5.73 Å². The fourth-order valence-electron chi connectivity index (χ4n) is 1.94. The third-order valence-corrected chi connectivity index (χ3v) is 2.75. The smallest absolute Gasteiger partial charge is 0.280 e. The van der Waals surface area contributed by atoms with Crippen LogP contribution in [0.3, 0.4) is 0 Å². The minimum Gasteiger partial charge on any atom is -0.383 e. The van der Waals surface area contributed by atoms with Crippen molar-refractivity contribution in [2.75, 3.05) is 5.73 Å². The Morgan fingerprint density at radius 2 is 1.82 bits per heavy atom. The number of carbonyl (C=O) groups is 1. The van der Waals surface area contributed by atoms with Gasteiger partial charge >= 0.3 is 0 Å². The molecule has 4 heteroatoms. The normalized spacial score (nSPS) is 10.5. The van der Waals surface area contributed by atoms with Crippen LogP contribution in [0.15, 0.2) is 24.3 Å². The lowest BCUT2D eigenvalue weighted by atomic mass is 10.0. The van der Waals surface area contributed by atoms with Gasteiger partial charge in [0.1, 0.15) is 5.82 Å². The van der Waals surface area contributed by atoms with Crippen molar-refractivity contribution in [3.05, 3.63) is 46.6 Å². The van der Waals surface area contributed by atoms with E-state index in [2.05, 4.69) is 5.10 Å². The summed E-state index contributed by atoms with van der Waals surface area (Å²) in [6.07, 6.45) is 0. The molecule has 0 aliphatic rings. The number of nitrogens with two attached hydrogens (primary N) is 1. The molecule has 2 aromatic rings. The lowest BCUT2D eigenvalue weighted by Crippen LogP contribution is -2.18. The maximum absolute atomic E-state index is 12.3. The van der Waals surface area contributed by atoms with E-state index in [0.29, 0.717) is 11.4 Å². The van der Waals surface area contributed by atoms with Crippen LogP contribution in [0.5, 0.6) is 0 Å². The molecule has 0 aliphatic heterocycles. The van der Waals surface area contributed by atoms with Crippen molar-refractivity contribution in [3.8, 4) is 0 Å². The molecule has 1 aromatic heterocycles. The summed E-state index contributed by atoms with van der Waals surface area (Å²) in [7, 11) is 0. The van der Waals surface area contributed by atoms with Crippen LogP contribution in [-0.2, 0) is 0 Å². The first-order valence-corrected chi connectivity index (χ1v) is 5.43. The Balaban J connectivity index is 2.55. The van der Waals surface area contributed by atoms with E-state index in [0.717, 1.165) is 16.8 Å². The molecule has 1 heterocycles. The Morgan fingerprint density at radius 1 is 1.24 bits per heavy atom. The molecule has 2 rings (SSSR count). The summed E-state index contributed by atoms with van der Waals surface area (Å²) in [5.74, 6) is 0.196. The summed E-state index contributed by atoms with van der Waals surface area (Å²) in [5, 5.41) is 4.11. The van der Waals surface area contributed by atoms with Crippen LogP contribution in [-0.4, -0.2) is 15.7 Å². The summed E-state index contributed by atoms with van der Waals surface area (Å²) in [6, 6.07) is 7.43. The highest BCUT2D eigenvalue weighted by molar-refractivity contribution is 5.99. The van der Waals surface area contributed by atoms with Gasteiger partial charge in [0.25, 0.3) is 5.91 Å². The summed E-state index contributed by atoms with van der Waals surface area (Å²) < 4.78 is 1.25. The van der Waals surface area contributed by atoms with Crippen LogP contribution in [0.4, 0.5) is 5.82 Å². The van der Waals surface area contributed by atoms with Crippen molar-refractivity contribution in [3.63, 3.8) is 0 Å². The standard InChI is InChI=1S/C13H15N3O/c1-8-5-4-6-9(2)12(8)13(17)16-11(14)7-10(3)15-16/h4-7H,14H2,1-3H3. The molecule has 88 valence electrons. The molecule has 4 nitrogen and oxygen atoms in total. The molecule has 17 heavy (non-hydrogen) atoms. The fourth-order valence-corrected chi connectivity index (χ4v) is 1.94. The number of anilines is 1. The van der Waals surface area contributed by atoms with Gasteiger partial charge in [0.05, 0.1) is 5.69 Å². The molecule has 0 fully saturated rings. The summed E-state index contributed by atoms with van der Waals surface area (Å²) in [4.78, 5) is 12.3. The number of rotatable bonds is 1. The van der Waals surface area contributed by atoms with Crippen LogP contribution < -0.4 is 5.73 Å². The van der Waals surface area contributed by atoms with Crippen molar-refractivity contribution < 1.29 is 4.79 Å². The topological polar surface area (TPSA) is 60.9 Å². The second-order valence-electron chi connectivity index (χ2n) is 4.19. The average molecular weight is 229 g/mol. The van der Waals surface area contributed by atoms with Gasteiger partial charge in [-0.3, -0.25) is 4.79 Å². The maximum Gasteiger partial charge on any atom is 0.280 e. The zero-order valence-corrected chi connectivity index (χ0v) is 10.2.